The van der Waals surface area contributed by atoms with Crippen molar-refractivity contribution in [1.29, 1.82) is 0 Å². The van der Waals surface area contributed by atoms with Gasteiger partial charge in [-0.2, -0.15) is 5.10 Å². The summed E-state index contributed by atoms with van der Waals surface area (Å²) in [6, 6.07) is 16.3. The molecule has 1 amide bonds. The molecule has 1 N–H and O–H groups in total. The number of nitrogens with one attached hydrogen (secondary N) is 1. The van der Waals surface area contributed by atoms with Gasteiger partial charge in [-0.1, -0.05) is 48.5 Å². The first-order valence-corrected chi connectivity index (χ1v) is 5.83. The van der Waals surface area contributed by atoms with E-state index >= 15 is 0 Å². The van der Waals surface area contributed by atoms with Gasteiger partial charge in [0.25, 0.3) is 0 Å². The van der Waals surface area contributed by atoms with Crippen molar-refractivity contribution in [2.24, 2.45) is 5.10 Å². The van der Waals surface area contributed by atoms with Crippen LogP contribution in [-0.4, -0.2) is 20.5 Å². The van der Waals surface area contributed by atoms with E-state index < -0.39 is 0 Å². The zero-order valence-corrected chi connectivity index (χ0v) is 10.3. The van der Waals surface area contributed by atoms with Gasteiger partial charge in [0.2, 0.25) is 6.41 Å². The summed E-state index contributed by atoms with van der Waals surface area (Å²) in [6.07, 6.45) is 1.50. The lowest BCUT2D eigenvalue weighted by atomic mass is 9.85. The van der Waals surface area contributed by atoms with Crippen molar-refractivity contribution in [3.05, 3.63) is 70.8 Å². The van der Waals surface area contributed by atoms with E-state index in [0.717, 1.165) is 23.3 Å². The molecule has 0 unspecified atom stereocenters. The third-order valence-electron chi connectivity index (χ3n) is 3.15. The third-order valence-corrected chi connectivity index (χ3v) is 3.15. The maximum atomic E-state index is 10.5. The molecule has 0 heterocycles. The highest BCUT2D eigenvalue weighted by Crippen LogP contribution is 2.27. The van der Waals surface area contributed by atoms with E-state index in [1.165, 1.54) is 11.1 Å². The Morgan fingerprint density at radius 2 is 1.53 bits per heavy atom. The topological polar surface area (TPSA) is 41.5 Å². The molecule has 0 fully saturated rings. The van der Waals surface area contributed by atoms with Crippen LogP contribution in [0.2, 0.25) is 0 Å². The number of hydrogen-bond donors (Lipinski definition) is 1. The van der Waals surface area contributed by atoms with Gasteiger partial charge < -0.3 is 0 Å². The molecule has 0 saturated heterocycles. The van der Waals surface area contributed by atoms with E-state index in [4.69, 9.17) is 0 Å². The number of carbonyl (C=O) groups excluding carboxylic acids is 1. The molecule has 0 aromatic heterocycles. The molecular weight excluding hydrogens is 235 g/mol. The molecule has 1 aliphatic carbocycles. The number of benzene rings is 2. The van der Waals surface area contributed by atoms with Crippen molar-refractivity contribution < 1.29 is 6.22 Å². The minimum atomic E-state index is 0. The molecule has 93 valence electrons. The van der Waals surface area contributed by atoms with Crippen molar-refractivity contribution in [2.45, 2.75) is 6.42 Å². The van der Waals surface area contributed by atoms with Gasteiger partial charge in [0.15, 0.2) is 0 Å². The molecule has 3 radical (unpaired) electrons. The Balaban J connectivity index is 0.000001000. The van der Waals surface area contributed by atoms with Crippen LogP contribution in [0, 0.1) is 0 Å². The highest BCUT2D eigenvalue weighted by atomic mass is 16.1. The summed E-state index contributed by atoms with van der Waals surface area (Å²) in [4.78, 5) is 10.5. The summed E-state index contributed by atoms with van der Waals surface area (Å²) in [5.41, 5.74) is 7.89. The lowest BCUT2D eigenvalue weighted by Crippen LogP contribution is -2.19. The van der Waals surface area contributed by atoms with Gasteiger partial charge >= 0.3 is 0 Å². The molecule has 0 bridgehead atoms. The summed E-state index contributed by atoms with van der Waals surface area (Å²) >= 11 is 0. The monoisotopic (exact) mass is 249 g/mol. The predicted octanol–water partition coefficient (Wildman–Crippen LogP) is 1.95. The fraction of sp³-hybridized carbons (Fsp3) is 0.0667. The van der Waals surface area contributed by atoms with Crippen LogP contribution in [0.3, 0.4) is 0 Å². The van der Waals surface area contributed by atoms with Crippen molar-refractivity contribution in [3.8, 4) is 0 Å². The van der Waals surface area contributed by atoms with E-state index in [2.05, 4.69) is 22.7 Å². The minimum Gasteiger partial charge on any atom is -0.277 e. The van der Waals surface area contributed by atoms with E-state index in [1.807, 2.05) is 36.4 Å². The summed E-state index contributed by atoms with van der Waals surface area (Å²) in [5.74, 6) is 0. The lowest BCUT2D eigenvalue weighted by Gasteiger charge is -2.20. The number of carbonyl (C=O) groups is 1. The van der Waals surface area contributed by atoms with Crippen LogP contribution in [0.25, 0.3) is 0 Å². The molecule has 0 saturated carbocycles. The Morgan fingerprint density at radius 1 is 1.00 bits per heavy atom. The van der Waals surface area contributed by atoms with Crippen molar-refractivity contribution in [3.63, 3.8) is 0 Å². The SMILES string of the molecule is O=CNN=C1c2ccccc2Cc2ccccc21.[B].[HH]. The zero-order valence-electron chi connectivity index (χ0n) is 10.3. The van der Waals surface area contributed by atoms with Crippen LogP contribution in [0.5, 0.6) is 0 Å². The number of hydrogen-bond acceptors (Lipinski definition) is 2. The minimum absolute atomic E-state index is 0. The Labute approximate surface area is 115 Å². The van der Waals surface area contributed by atoms with Gasteiger partial charge in [0, 0.05) is 21.0 Å². The Bertz CT molecular complexity index is 596. The number of amides is 1. The van der Waals surface area contributed by atoms with Crippen LogP contribution in [0.1, 0.15) is 23.7 Å². The first-order valence-electron chi connectivity index (χ1n) is 5.83. The summed E-state index contributed by atoms with van der Waals surface area (Å²) in [7, 11) is 0. The maximum absolute atomic E-state index is 10.5. The zero-order chi connectivity index (χ0) is 12.4. The number of nitrogens with zero attached hydrogens (tertiary/aromatic N) is 1. The van der Waals surface area contributed by atoms with Crippen LogP contribution in [0.4, 0.5) is 0 Å². The summed E-state index contributed by atoms with van der Waals surface area (Å²) < 4.78 is 0. The summed E-state index contributed by atoms with van der Waals surface area (Å²) in [5, 5.41) is 4.18. The number of hydrazone groups is 1. The molecule has 2 aromatic rings. The fourth-order valence-electron chi connectivity index (χ4n) is 2.37. The van der Waals surface area contributed by atoms with Crippen LogP contribution >= 0.6 is 0 Å². The molecule has 4 heteroatoms. The Morgan fingerprint density at radius 3 is 2.05 bits per heavy atom. The van der Waals surface area contributed by atoms with Crippen LogP contribution in [-0.2, 0) is 11.2 Å². The quantitative estimate of drug-likeness (QED) is 0.421. The van der Waals surface area contributed by atoms with Gasteiger partial charge in [-0.3, -0.25) is 4.79 Å². The molecule has 19 heavy (non-hydrogen) atoms. The highest BCUT2D eigenvalue weighted by molar-refractivity contribution is 6.15. The standard InChI is InChI=1S/C15H12N2O.B.H2/c18-10-16-17-15-13-7-3-1-5-11(13)9-12-6-2-4-8-14(12)15;;/h1-8,10H,9H2,(H,16,18);;1H. The second-order valence-electron chi connectivity index (χ2n) is 4.20. The number of rotatable bonds is 2. The molecular formula is C15H14BN2O. The molecule has 3 nitrogen and oxygen atoms in total. The van der Waals surface area contributed by atoms with Gasteiger partial charge in [0.05, 0.1) is 5.71 Å². The first-order chi connectivity index (χ1) is 8.90. The molecule has 3 rings (SSSR count). The third kappa shape index (κ3) is 2.29. The smallest absolute Gasteiger partial charge is 0.227 e. The van der Waals surface area contributed by atoms with Crippen molar-refractivity contribution in [1.82, 2.24) is 5.43 Å². The summed E-state index contributed by atoms with van der Waals surface area (Å²) in [6.45, 7) is 0. The van der Waals surface area contributed by atoms with Crippen LogP contribution in [0.15, 0.2) is 53.6 Å². The van der Waals surface area contributed by atoms with Crippen molar-refractivity contribution >= 4 is 20.5 Å². The molecule has 0 atom stereocenters. The van der Waals surface area contributed by atoms with E-state index in [-0.39, 0.29) is 9.84 Å². The molecule has 0 spiro atoms. The van der Waals surface area contributed by atoms with Gasteiger partial charge in [0.1, 0.15) is 0 Å². The van der Waals surface area contributed by atoms with Crippen LogP contribution < -0.4 is 5.43 Å². The van der Waals surface area contributed by atoms with E-state index in [1.54, 1.807) is 0 Å². The average molecular weight is 249 g/mol. The van der Waals surface area contributed by atoms with Gasteiger partial charge in [-0.15, -0.1) is 0 Å². The maximum Gasteiger partial charge on any atom is 0.227 e. The second-order valence-corrected chi connectivity index (χ2v) is 4.20. The van der Waals surface area contributed by atoms with E-state index in [9.17, 15) is 4.79 Å². The predicted molar refractivity (Wildman–Crippen MR) is 78.4 cm³/mol. The molecule has 0 aliphatic heterocycles. The first kappa shape index (κ1) is 13.1. The Kier molecular flexibility index (Phi) is 3.80. The molecule has 2 aromatic carbocycles. The number of fused-ring (bicyclic) bond motifs is 2. The van der Waals surface area contributed by atoms with Gasteiger partial charge in [-0.25, -0.2) is 5.43 Å². The highest BCUT2D eigenvalue weighted by Gasteiger charge is 2.20. The van der Waals surface area contributed by atoms with E-state index in [0.29, 0.717) is 6.41 Å². The fourth-order valence-corrected chi connectivity index (χ4v) is 2.37. The molecule has 1 aliphatic rings. The second kappa shape index (κ2) is 5.52. The normalized spacial score (nSPS) is 11.7. The average Bonchev–Trinajstić information content (AvgIpc) is 2.43. The van der Waals surface area contributed by atoms with Gasteiger partial charge in [-0.05, 0) is 17.5 Å². The largest absolute Gasteiger partial charge is 0.277 e. The lowest BCUT2D eigenvalue weighted by molar-refractivity contribution is -0.109. The van der Waals surface area contributed by atoms with Crippen molar-refractivity contribution in [2.75, 3.05) is 0 Å². The Hall–Kier alpha value is -2.36.